The molecule has 4 nitrogen and oxygen atoms in total. The molecule has 0 fully saturated rings. The number of hydrogen-bond donors (Lipinski definition) is 0. The number of ether oxygens (including phenoxy) is 3. The van der Waals surface area contributed by atoms with Crippen molar-refractivity contribution in [3.8, 4) is 17.4 Å². The quantitative estimate of drug-likeness (QED) is 0.778. The first-order valence-corrected chi connectivity index (χ1v) is 5.69. The average molecular weight is 263 g/mol. The summed E-state index contributed by atoms with van der Waals surface area (Å²) in [5.74, 6) is 1.01. The maximum absolute atomic E-state index is 12.9. The topological polar surface area (TPSA) is 40.6 Å². The fraction of sp³-hybridized carbons (Fsp3) is 0.214. The van der Waals surface area contributed by atoms with E-state index in [0.29, 0.717) is 11.5 Å². The lowest BCUT2D eigenvalue weighted by Crippen LogP contribution is -2.01. The SMILES string of the molecule is COc1ccc(COc2cccc(F)n2)c(OC)c1. The molecule has 0 bridgehead atoms. The van der Waals surface area contributed by atoms with Gasteiger partial charge in [0.25, 0.3) is 0 Å². The van der Waals surface area contributed by atoms with Gasteiger partial charge in [-0.1, -0.05) is 6.07 Å². The van der Waals surface area contributed by atoms with Crippen molar-refractivity contribution in [1.29, 1.82) is 0 Å². The second kappa shape index (κ2) is 6.04. The molecular formula is C14H14FNO3. The number of rotatable bonds is 5. The van der Waals surface area contributed by atoms with Gasteiger partial charge in [-0.25, -0.2) is 0 Å². The summed E-state index contributed by atoms with van der Waals surface area (Å²) < 4.78 is 28.7. The number of benzene rings is 1. The molecule has 0 N–H and O–H groups in total. The molecule has 5 heteroatoms. The van der Waals surface area contributed by atoms with Gasteiger partial charge in [0.1, 0.15) is 18.1 Å². The normalized spacial score (nSPS) is 10.1. The summed E-state index contributed by atoms with van der Waals surface area (Å²) >= 11 is 0. The van der Waals surface area contributed by atoms with Gasteiger partial charge in [0.05, 0.1) is 14.2 Å². The van der Waals surface area contributed by atoms with E-state index < -0.39 is 5.95 Å². The molecule has 1 aromatic heterocycles. The molecule has 0 unspecified atom stereocenters. The maximum Gasteiger partial charge on any atom is 0.216 e. The summed E-state index contributed by atoms with van der Waals surface area (Å²) in [6.07, 6.45) is 0. The molecule has 1 aromatic carbocycles. The van der Waals surface area contributed by atoms with Crippen LogP contribution in [0.2, 0.25) is 0 Å². The fourth-order valence-electron chi connectivity index (χ4n) is 1.59. The Morgan fingerprint density at radius 2 is 1.95 bits per heavy atom. The molecule has 0 saturated heterocycles. The van der Waals surface area contributed by atoms with Crippen LogP contribution in [0.1, 0.15) is 5.56 Å². The predicted molar refractivity (Wildman–Crippen MR) is 68.1 cm³/mol. The monoisotopic (exact) mass is 263 g/mol. The third-order valence-corrected chi connectivity index (χ3v) is 2.56. The summed E-state index contributed by atoms with van der Waals surface area (Å²) in [6.45, 7) is 0.240. The van der Waals surface area contributed by atoms with Gasteiger partial charge in [-0.15, -0.1) is 0 Å². The highest BCUT2D eigenvalue weighted by Crippen LogP contribution is 2.25. The molecule has 1 heterocycles. The van der Waals surface area contributed by atoms with Gasteiger partial charge in [0.2, 0.25) is 11.8 Å². The molecule has 100 valence electrons. The van der Waals surface area contributed by atoms with Crippen LogP contribution in [0.5, 0.6) is 17.4 Å². The van der Waals surface area contributed by atoms with Gasteiger partial charge in [-0.2, -0.15) is 9.37 Å². The number of aromatic nitrogens is 1. The number of nitrogens with zero attached hydrogens (tertiary/aromatic N) is 1. The fourth-order valence-corrected chi connectivity index (χ4v) is 1.59. The Kier molecular flexibility index (Phi) is 4.18. The van der Waals surface area contributed by atoms with Crippen LogP contribution in [-0.2, 0) is 6.61 Å². The first-order chi connectivity index (χ1) is 9.22. The van der Waals surface area contributed by atoms with Crippen LogP contribution in [0.3, 0.4) is 0 Å². The molecule has 0 spiro atoms. The molecule has 2 rings (SSSR count). The Hall–Kier alpha value is -2.30. The average Bonchev–Trinajstić information content (AvgIpc) is 2.45. The zero-order valence-corrected chi connectivity index (χ0v) is 10.7. The van der Waals surface area contributed by atoms with Gasteiger partial charge in [-0.3, -0.25) is 0 Å². The minimum Gasteiger partial charge on any atom is -0.497 e. The van der Waals surface area contributed by atoms with Crippen LogP contribution < -0.4 is 14.2 Å². The van der Waals surface area contributed by atoms with Crippen LogP contribution in [0.25, 0.3) is 0 Å². The molecule has 0 atom stereocenters. The van der Waals surface area contributed by atoms with Crippen LogP contribution in [0.15, 0.2) is 36.4 Å². The molecule has 0 aliphatic rings. The Bertz CT molecular complexity index is 560. The highest BCUT2D eigenvalue weighted by Gasteiger charge is 2.06. The van der Waals surface area contributed by atoms with Crippen LogP contribution in [0.4, 0.5) is 4.39 Å². The zero-order valence-electron chi connectivity index (χ0n) is 10.7. The van der Waals surface area contributed by atoms with Crippen molar-refractivity contribution in [2.24, 2.45) is 0 Å². The first kappa shape index (κ1) is 13.1. The maximum atomic E-state index is 12.9. The molecule has 0 amide bonds. The lowest BCUT2D eigenvalue weighted by molar-refractivity contribution is 0.281. The van der Waals surface area contributed by atoms with E-state index >= 15 is 0 Å². The van der Waals surface area contributed by atoms with Gasteiger partial charge in [-0.05, 0) is 18.2 Å². The van der Waals surface area contributed by atoms with Gasteiger partial charge in [0.15, 0.2) is 0 Å². The van der Waals surface area contributed by atoms with Crippen molar-refractivity contribution in [2.45, 2.75) is 6.61 Å². The standard InChI is InChI=1S/C14H14FNO3/c1-17-11-7-6-10(12(8-11)18-2)9-19-14-5-3-4-13(15)16-14/h3-8H,9H2,1-2H3. The van der Waals surface area contributed by atoms with E-state index in [1.165, 1.54) is 6.07 Å². The summed E-state index contributed by atoms with van der Waals surface area (Å²) in [6, 6.07) is 9.80. The van der Waals surface area contributed by atoms with Crippen LogP contribution >= 0.6 is 0 Å². The Balaban J connectivity index is 2.11. The third-order valence-electron chi connectivity index (χ3n) is 2.56. The second-order valence-electron chi connectivity index (χ2n) is 3.77. The first-order valence-electron chi connectivity index (χ1n) is 5.69. The van der Waals surface area contributed by atoms with Gasteiger partial charge in [0, 0.05) is 17.7 Å². The van der Waals surface area contributed by atoms with E-state index in [2.05, 4.69) is 4.98 Å². The van der Waals surface area contributed by atoms with Gasteiger partial charge >= 0.3 is 0 Å². The molecule has 0 aliphatic heterocycles. The molecular weight excluding hydrogens is 249 g/mol. The summed E-state index contributed by atoms with van der Waals surface area (Å²) in [5, 5.41) is 0. The minimum absolute atomic E-state index is 0.234. The van der Waals surface area contributed by atoms with E-state index in [4.69, 9.17) is 14.2 Å². The van der Waals surface area contributed by atoms with E-state index in [1.54, 1.807) is 38.5 Å². The van der Waals surface area contributed by atoms with Crippen molar-refractivity contribution >= 4 is 0 Å². The molecule has 0 saturated carbocycles. The van der Waals surface area contributed by atoms with Crippen molar-refractivity contribution in [3.05, 3.63) is 47.9 Å². The zero-order chi connectivity index (χ0) is 13.7. The highest BCUT2D eigenvalue weighted by molar-refractivity contribution is 5.40. The predicted octanol–water partition coefficient (Wildman–Crippen LogP) is 2.82. The lowest BCUT2D eigenvalue weighted by Gasteiger charge is -2.11. The third kappa shape index (κ3) is 3.34. The van der Waals surface area contributed by atoms with E-state index in [0.717, 1.165) is 5.56 Å². The Morgan fingerprint density at radius 3 is 2.63 bits per heavy atom. The Labute approximate surface area is 110 Å². The molecule has 19 heavy (non-hydrogen) atoms. The Morgan fingerprint density at radius 1 is 1.11 bits per heavy atom. The highest BCUT2D eigenvalue weighted by atomic mass is 19.1. The van der Waals surface area contributed by atoms with Crippen LogP contribution in [0, 0.1) is 5.95 Å². The summed E-state index contributed by atoms with van der Waals surface area (Å²) in [4.78, 5) is 3.62. The minimum atomic E-state index is -0.570. The molecule has 0 aliphatic carbocycles. The summed E-state index contributed by atoms with van der Waals surface area (Å²) in [5.41, 5.74) is 0.828. The van der Waals surface area contributed by atoms with Crippen LogP contribution in [-0.4, -0.2) is 19.2 Å². The summed E-state index contributed by atoms with van der Waals surface area (Å²) in [7, 11) is 3.15. The van der Waals surface area contributed by atoms with Crippen molar-refractivity contribution in [1.82, 2.24) is 4.98 Å². The van der Waals surface area contributed by atoms with E-state index in [1.807, 2.05) is 6.07 Å². The second-order valence-corrected chi connectivity index (χ2v) is 3.77. The molecule has 0 radical (unpaired) electrons. The lowest BCUT2D eigenvalue weighted by atomic mass is 10.2. The van der Waals surface area contributed by atoms with Crippen molar-refractivity contribution < 1.29 is 18.6 Å². The van der Waals surface area contributed by atoms with Gasteiger partial charge < -0.3 is 14.2 Å². The van der Waals surface area contributed by atoms with E-state index in [9.17, 15) is 4.39 Å². The number of pyridine rings is 1. The largest absolute Gasteiger partial charge is 0.497 e. The van der Waals surface area contributed by atoms with Crippen molar-refractivity contribution in [3.63, 3.8) is 0 Å². The smallest absolute Gasteiger partial charge is 0.216 e. The molecule has 2 aromatic rings. The van der Waals surface area contributed by atoms with Crippen molar-refractivity contribution in [2.75, 3.05) is 14.2 Å². The number of methoxy groups -OCH3 is 2. The number of halogens is 1. The van der Waals surface area contributed by atoms with E-state index in [-0.39, 0.29) is 12.5 Å². The number of hydrogen-bond acceptors (Lipinski definition) is 4.